The lowest BCUT2D eigenvalue weighted by atomic mass is 9.99. The minimum atomic E-state index is 0. The molecule has 0 spiro atoms. The van der Waals surface area contributed by atoms with Crippen molar-refractivity contribution < 1.29 is 4.79 Å². The Balaban J connectivity index is 0.00000288. The predicted molar refractivity (Wildman–Crippen MR) is 110 cm³/mol. The van der Waals surface area contributed by atoms with Crippen molar-refractivity contribution in [3.63, 3.8) is 0 Å². The van der Waals surface area contributed by atoms with Gasteiger partial charge in [-0.3, -0.25) is 9.79 Å². The molecule has 1 aliphatic heterocycles. The van der Waals surface area contributed by atoms with E-state index in [1.165, 1.54) is 5.56 Å². The summed E-state index contributed by atoms with van der Waals surface area (Å²) >= 11 is 0. The molecule has 0 aliphatic carbocycles. The number of hydrogen-bond donors (Lipinski definition) is 1. The second-order valence-electron chi connectivity index (χ2n) is 6.12. The molecular formula is C18H29IN4O. The Labute approximate surface area is 162 Å². The van der Waals surface area contributed by atoms with Gasteiger partial charge < -0.3 is 15.1 Å². The number of hydrogen-bond acceptors (Lipinski definition) is 2. The standard InChI is InChI=1S/C18H28N4O.HI/c1-4-19-18(20-12-10-17(23)21(2)3)22-13-11-16(14-22)15-8-6-5-7-9-15;/h5-9,16H,4,10-14H2,1-3H3,(H,19,20);1H. The number of nitrogens with one attached hydrogen (secondary N) is 1. The summed E-state index contributed by atoms with van der Waals surface area (Å²) in [5.74, 6) is 1.61. The Kier molecular flexibility index (Phi) is 9.10. The molecule has 0 radical (unpaired) electrons. The molecule has 0 saturated carbocycles. The Morgan fingerprint density at radius 2 is 2.04 bits per heavy atom. The summed E-state index contributed by atoms with van der Waals surface area (Å²) in [6.07, 6.45) is 1.60. The smallest absolute Gasteiger partial charge is 0.223 e. The Hall–Kier alpha value is -1.31. The van der Waals surface area contributed by atoms with Gasteiger partial charge in [0.05, 0.1) is 6.54 Å². The average molecular weight is 444 g/mol. The third kappa shape index (κ3) is 5.96. The van der Waals surface area contributed by atoms with Gasteiger partial charge in [-0.15, -0.1) is 24.0 Å². The first kappa shape index (κ1) is 20.7. The molecular weight excluding hydrogens is 415 g/mol. The van der Waals surface area contributed by atoms with Crippen LogP contribution in [0.15, 0.2) is 35.3 Å². The number of benzene rings is 1. The minimum Gasteiger partial charge on any atom is -0.357 e. The van der Waals surface area contributed by atoms with Crippen LogP contribution in [0, 0.1) is 0 Å². The summed E-state index contributed by atoms with van der Waals surface area (Å²) in [6, 6.07) is 10.7. The highest BCUT2D eigenvalue weighted by atomic mass is 127. The molecule has 24 heavy (non-hydrogen) atoms. The highest BCUT2D eigenvalue weighted by Crippen LogP contribution is 2.26. The maximum atomic E-state index is 11.7. The molecule has 1 fully saturated rings. The normalized spacial score (nSPS) is 17.4. The van der Waals surface area contributed by atoms with Crippen LogP contribution in [0.25, 0.3) is 0 Å². The van der Waals surface area contributed by atoms with Crippen molar-refractivity contribution in [3.05, 3.63) is 35.9 Å². The third-order valence-corrected chi connectivity index (χ3v) is 4.18. The van der Waals surface area contributed by atoms with Crippen molar-refractivity contribution in [1.82, 2.24) is 15.1 Å². The van der Waals surface area contributed by atoms with E-state index in [0.29, 0.717) is 18.9 Å². The first-order valence-electron chi connectivity index (χ1n) is 8.40. The molecule has 1 unspecified atom stereocenters. The number of amides is 1. The van der Waals surface area contributed by atoms with E-state index >= 15 is 0 Å². The van der Waals surface area contributed by atoms with Gasteiger partial charge >= 0.3 is 0 Å². The fourth-order valence-electron chi connectivity index (χ4n) is 2.86. The van der Waals surface area contributed by atoms with Crippen molar-refractivity contribution in [2.24, 2.45) is 4.99 Å². The fourth-order valence-corrected chi connectivity index (χ4v) is 2.86. The highest BCUT2D eigenvalue weighted by molar-refractivity contribution is 14.0. The van der Waals surface area contributed by atoms with Crippen molar-refractivity contribution >= 4 is 35.8 Å². The van der Waals surface area contributed by atoms with Crippen molar-refractivity contribution in [1.29, 1.82) is 0 Å². The molecule has 1 atom stereocenters. The van der Waals surface area contributed by atoms with Gasteiger partial charge in [-0.25, -0.2) is 0 Å². The van der Waals surface area contributed by atoms with Crippen LogP contribution in [0.2, 0.25) is 0 Å². The molecule has 1 amide bonds. The number of carbonyl (C=O) groups excluding carboxylic acids is 1. The first-order chi connectivity index (χ1) is 11.1. The van der Waals surface area contributed by atoms with Crippen LogP contribution in [0.3, 0.4) is 0 Å². The molecule has 0 bridgehead atoms. The van der Waals surface area contributed by atoms with Gasteiger partial charge in [0, 0.05) is 46.1 Å². The van der Waals surface area contributed by atoms with Gasteiger partial charge in [-0.1, -0.05) is 30.3 Å². The van der Waals surface area contributed by atoms with E-state index in [9.17, 15) is 4.79 Å². The van der Waals surface area contributed by atoms with Crippen LogP contribution in [0.5, 0.6) is 0 Å². The minimum absolute atomic E-state index is 0. The van der Waals surface area contributed by atoms with Gasteiger partial charge in [0.1, 0.15) is 0 Å². The van der Waals surface area contributed by atoms with Crippen LogP contribution in [0.1, 0.15) is 31.2 Å². The van der Waals surface area contributed by atoms with E-state index in [0.717, 1.165) is 32.0 Å². The molecule has 0 aromatic heterocycles. The van der Waals surface area contributed by atoms with Crippen LogP contribution in [0.4, 0.5) is 0 Å². The third-order valence-electron chi connectivity index (χ3n) is 4.18. The molecule has 1 saturated heterocycles. The van der Waals surface area contributed by atoms with Gasteiger partial charge in [0.15, 0.2) is 5.96 Å². The molecule has 1 aromatic rings. The Morgan fingerprint density at radius 1 is 1.33 bits per heavy atom. The van der Waals surface area contributed by atoms with Crippen LogP contribution >= 0.6 is 24.0 Å². The first-order valence-corrected chi connectivity index (χ1v) is 8.40. The van der Waals surface area contributed by atoms with Gasteiger partial charge in [-0.2, -0.15) is 0 Å². The van der Waals surface area contributed by atoms with Crippen LogP contribution in [-0.4, -0.2) is 61.9 Å². The number of carbonyl (C=O) groups is 1. The maximum Gasteiger partial charge on any atom is 0.223 e. The van der Waals surface area contributed by atoms with Crippen LogP contribution < -0.4 is 5.32 Å². The van der Waals surface area contributed by atoms with E-state index in [-0.39, 0.29) is 29.9 Å². The largest absolute Gasteiger partial charge is 0.357 e. The molecule has 1 aliphatic rings. The lowest BCUT2D eigenvalue weighted by Crippen LogP contribution is -2.40. The predicted octanol–water partition coefficient (Wildman–Crippen LogP) is 2.54. The zero-order valence-electron chi connectivity index (χ0n) is 14.9. The number of nitrogens with zero attached hydrogens (tertiary/aromatic N) is 3. The molecule has 5 nitrogen and oxygen atoms in total. The maximum absolute atomic E-state index is 11.7. The van der Waals surface area contributed by atoms with Gasteiger partial charge in [-0.05, 0) is 18.9 Å². The van der Waals surface area contributed by atoms with E-state index < -0.39 is 0 Å². The summed E-state index contributed by atoms with van der Waals surface area (Å²) in [7, 11) is 3.56. The molecule has 1 N–H and O–H groups in total. The van der Waals surface area contributed by atoms with Gasteiger partial charge in [0.2, 0.25) is 5.91 Å². The average Bonchev–Trinajstić information content (AvgIpc) is 3.04. The summed E-state index contributed by atoms with van der Waals surface area (Å²) in [4.78, 5) is 20.2. The molecule has 1 aromatic carbocycles. The number of guanidine groups is 1. The zero-order valence-corrected chi connectivity index (χ0v) is 17.2. The van der Waals surface area contributed by atoms with E-state index in [1.807, 2.05) is 0 Å². The van der Waals surface area contributed by atoms with Gasteiger partial charge in [0.25, 0.3) is 0 Å². The second-order valence-corrected chi connectivity index (χ2v) is 6.12. The quantitative estimate of drug-likeness (QED) is 0.432. The number of rotatable bonds is 5. The lowest BCUT2D eigenvalue weighted by molar-refractivity contribution is -0.128. The number of aliphatic imine (C=N–C) groups is 1. The van der Waals surface area contributed by atoms with E-state index in [4.69, 9.17) is 0 Å². The summed E-state index contributed by atoms with van der Waals surface area (Å²) < 4.78 is 0. The topological polar surface area (TPSA) is 47.9 Å². The molecule has 1 heterocycles. The zero-order chi connectivity index (χ0) is 16.7. The van der Waals surface area contributed by atoms with Crippen LogP contribution in [-0.2, 0) is 4.79 Å². The van der Waals surface area contributed by atoms with Crippen molar-refractivity contribution in [3.8, 4) is 0 Å². The molecule has 134 valence electrons. The summed E-state index contributed by atoms with van der Waals surface area (Å²) in [6.45, 7) is 5.44. The molecule has 6 heteroatoms. The Morgan fingerprint density at radius 3 is 2.67 bits per heavy atom. The van der Waals surface area contributed by atoms with Crippen molar-refractivity contribution in [2.45, 2.75) is 25.7 Å². The lowest BCUT2D eigenvalue weighted by Gasteiger charge is -2.22. The van der Waals surface area contributed by atoms with E-state index in [1.54, 1.807) is 19.0 Å². The van der Waals surface area contributed by atoms with Crippen molar-refractivity contribution in [2.75, 3.05) is 40.3 Å². The number of halogens is 1. The molecule has 2 rings (SSSR count). The summed E-state index contributed by atoms with van der Waals surface area (Å²) in [5, 5.41) is 3.35. The number of likely N-dealkylation sites (tertiary alicyclic amines) is 1. The Bertz CT molecular complexity index is 533. The highest BCUT2D eigenvalue weighted by Gasteiger charge is 2.25. The fraction of sp³-hybridized carbons (Fsp3) is 0.556. The second kappa shape index (κ2) is 10.5. The summed E-state index contributed by atoms with van der Waals surface area (Å²) in [5.41, 5.74) is 1.40. The SMILES string of the molecule is CCNC(=NCCC(=O)N(C)C)N1CCC(c2ccccc2)C1.I. The van der Waals surface area contributed by atoms with E-state index in [2.05, 4.69) is 52.5 Å². The monoisotopic (exact) mass is 444 g/mol.